The van der Waals surface area contributed by atoms with Gasteiger partial charge in [-0.1, -0.05) is 0 Å². The van der Waals surface area contributed by atoms with E-state index in [0.717, 1.165) is 31.7 Å². The van der Waals surface area contributed by atoms with E-state index in [1.807, 2.05) is 0 Å². The Balaban J connectivity index is 1.84. The summed E-state index contributed by atoms with van der Waals surface area (Å²) in [6.45, 7) is 2.01. The minimum atomic E-state index is -0.494. The number of hydrogen-bond acceptors (Lipinski definition) is 6. The summed E-state index contributed by atoms with van der Waals surface area (Å²) < 4.78 is 0. The third-order valence-electron chi connectivity index (χ3n) is 4.24. The standard InChI is InChI=1S/C13H19N5O2/c14-13-11(18(19)20)5-6-12(16-13)17-8-2-4-10(17)9-3-1-7-15-9/h5-6,9-10,15H,1-4,7-8H2,(H2,14,16). The summed E-state index contributed by atoms with van der Waals surface area (Å²) in [5.41, 5.74) is 5.57. The molecule has 108 valence electrons. The zero-order valence-electron chi connectivity index (χ0n) is 11.3. The fourth-order valence-electron chi connectivity index (χ4n) is 3.31. The Morgan fingerprint density at radius 2 is 2.25 bits per heavy atom. The molecular formula is C13H19N5O2. The molecule has 7 heteroatoms. The predicted octanol–water partition coefficient (Wildman–Crippen LogP) is 1.29. The van der Waals surface area contributed by atoms with Crippen LogP contribution in [0.5, 0.6) is 0 Å². The number of aromatic nitrogens is 1. The predicted molar refractivity (Wildman–Crippen MR) is 76.7 cm³/mol. The maximum absolute atomic E-state index is 10.8. The Bertz CT molecular complexity index is 515. The van der Waals surface area contributed by atoms with Crippen LogP contribution in [0.25, 0.3) is 0 Å². The third-order valence-corrected chi connectivity index (χ3v) is 4.24. The largest absolute Gasteiger partial charge is 0.378 e. The summed E-state index contributed by atoms with van der Waals surface area (Å²) >= 11 is 0. The number of nitrogens with zero attached hydrogens (tertiary/aromatic N) is 3. The first-order chi connectivity index (χ1) is 9.66. The highest BCUT2D eigenvalue weighted by Crippen LogP contribution is 2.31. The van der Waals surface area contributed by atoms with Gasteiger partial charge in [0.1, 0.15) is 5.82 Å². The first-order valence-electron chi connectivity index (χ1n) is 7.08. The number of nitrogens with two attached hydrogens (primary N) is 1. The molecule has 1 aromatic heterocycles. The lowest BCUT2D eigenvalue weighted by atomic mass is 10.0. The first kappa shape index (κ1) is 13.1. The molecule has 3 N–H and O–H groups in total. The summed E-state index contributed by atoms with van der Waals surface area (Å²) in [6.07, 6.45) is 4.66. The molecule has 2 aliphatic rings. The molecule has 0 radical (unpaired) electrons. The zero-order chi connectivity index (χ0) is 14.1. The molecule has 0 spiro atoms. The van der Waals surface area contributed by atoms with Gasteiger partial charge in [0.2, 0.25) is 5.82 Å². The molecular weight excluding hydrogens is 258 g/mol. The van der Waals surface area contributed by atoms with Crippen LogP contribution in [-0.2, 0) is 0 Å². The Hall–Kier alpha value is -1.89. The number of nitro groups is 1. The zero-order valence-corrected chi connectivity index (χ0v) is 11.3. The van der Waals surface area contributed by atoms with Crippen LogP contribution in [-0.4, -0.2) is 35.1 Å². The molecule has 2 saturated heterocycles. The van der Waals surface area contributed by atoms with Gasteiger partial charge >= 0.3 is 5.69 Å². The van der Waals surface area contributed by atoms with E-state index in [1.54, 1.807) is 6.07 Å². The third kappa shape index (κ3) is 2.29. The molecule has 2 unspecified atom stereocenters. The van der Waals surface area contributed by atoms with Crippen molar-refractivity contribution in [3.8, 4) is 0 Å². The molecule has 7 nitrogen and oxygen atoms in total. The van der Waals surface area contributed by atoms with Crippen LogP contribution in [0.1, 0.15) is 25.7 Å². The van der Waals surface area contributed by atoms with Crippen molar-refractivity contribution in [3.05, 3.63) is 22.2 Å². The van der Waals surface area contributed by atoms with E-state index < -0.39 is 4.92 Å². The van der Waals surface area contributed by atoms with Crippen LogP contribution in [0.15, 0.2) is 12.1 Å². The minimum Gasteiger partial charge on any atom is -0.378 e. The second-order valence-electron chi connectivity index (χ2n) is 5.44. The maximum atomic E-state index is 10.8. The van der Waals surface area contributed by atoms with Gasteiger partial charge in [0.15, 0.2) is 0 Å². The summed E-state index contributed by atoms with van der Waals surface area (Å²) in [5, 5.41) is 14.3. The van der Waals surface area contributed by atoms with Crippen molar-refractivity contribution in [2.75, 3.05) is 23.7 Å². The van der Waals surface area contributed by atoms with Crippen molar-refractivity contribution in [2.24, 2.45) is 0 Å². The van der Waals surface area contributed by atoms with E-state index in [9.17, 15) is 10.1 Å². The lowest BCUT2D eigenvalue weighted by Crippen LogP contribution is -2.44. The summed E-state index contributed by atoms with van der Waals surface area (Å²) in [7, 11) is 0. The fraction of sp³-hybridized carbons (Fsp3) is 0.615. The number of hydrogen-bond donors (Lipinski definition) is 2. The molecule has 0 bridgehead atoms. The average Bonchev–Trinajstić information content (AvgIpc) is 3.09. The monoisotopic (exact) mass is 277 g/mol. The first-order valence-corrected chi connectivity index (χ1v) is 7.08. The van der Waals surface area contributed by atoms with Gasteiger partial charge in [-0.3, -0.25) is 10.1 Å². The van der Waals surface area contributed by atoms with Crippen molar-refractivity contribution >= 4 is 17.3 Å². The molecule has 0 saturated carbocycles. The van der Waals surface area contributed by atoms with Gasteiger partial charge < -0.3 is 16.0 Å². The van der Waals surface area contributed by atoms with Gasteiger partial charge in [-0.15, -0.1) is 0 Å². The SMILES string of the molecule is Nc1nc(N2CCCC2C2CCCN2)ccc1[N+](=O)[O-]. The average molecular weight is 277 g/mol. The number of nitrogens with one attached hydrogen (secondary N) is 1. The van der Waals surface area contributed by atoms with E-state index >= 15 is 0 Å². The van der Waals surface area contributed by atoms with Crippen molar-refractivity contribution in [3.63, 3.8) is 0 Å². The van der Waals surface area contributed by atoms with E-state index in [-0.39, 0.29) is 11.5 Å². The maximum Gasteiger partial charge on any atom is 0.311 e. The van der Waals surface area contributed by atoms with Gasteiger partial charge in [-0.25, -0.2) is 4.98 Å². The highest BCUT2D eigenvalue weighted by molar-refractivity contribution is 5.58. The number of anilines is 2. The van der Waals surface area contributed by atoms with Crippen molar-refractivity contribution in [1.29, 1.82) is 0 Å². The van der Waals surface area contributed by atoms with Crippen LogP contribution in [0, 0.1) is 10.1 Å². The lowest BCUT2D eigenvalue weighted by molar-refractivity contribution is -0.384. The topological polar surface area (TPSA) is 97.3 Å². The van der Waals surface area contributed by atoms with Crippen LogP contribution in [0.4, 0.5) is 17.3 Å². The smallest absolute Gasteiger partial charge is 0.311 e. The van der Waals surface area contributed by atoms with E-state index in [1.165, 1.54) is 18.9 Å². The molecule has 1 aromatic rings. The number of pyridine rings is 1. The highest BCUT2D eigenvalue weighted by atomic mass is 16.6. The molecule has 2 fully saturated rings. The molecule has 0 aromatic carbocycles. The van der Waals surface area contributed by atoms with Crippen molar-refractivity contribution < 1.29 is 4.92 Å². The van der Waals surface area contributed by atoms with Gasteiger partial charge in [0.25, 0.3) is 0 Å². The summed E-state index contributed by atoms with van der Waals surface area (Å²) in [4.78, 5) is 16.8. The summed E-state index contributed by atoms with van der Waals surface area (Å²) in [6, 6.07) is 4.08. The Morgan fingerprint density at radius 3 is 2.90 bits per heavy atom. The molecule has 3 rings (SSSR count). The molecule has 2 atom stereocenters. The Morgan fingerprint density at radius 1 is 1.40 bits per heavy atom. The van der Waals surface area contributed by atoms with Crippen LogP contribution >= 0.6 is 0 Å². The highest BCUT2D eigenvalue weighted by Gasteiger charge is 2.34. The summed E-state index contributed by atoms with van der Waals surface area (Å²) in [5.74, 6) is 0.752. The van der Waals surface area contributed by atoms with E-state index in [4.69, 9.17) is 5.73 Å². The van der Waals surface area contributed by atoms with Crippen molar-refractivity contribution in [1.82, 2.24) is 10.3 Å². The van der Waals surface area contributed by atoms with Crippen molar-refractivity contribution in [2.45, 2.75) is 37.8 Å². The van der Waals surface area contributed by atoms with Gasteiger partial charge in [-0.2, -0.15) is 0 Å². The Kier molecular flexibility index (Phi) is 3.43. The fourth-order valence-corrected chi connectivity index (χ4v) is 3.31. The molecule has 3 heterocycles. The van der Waals surface area contributed by atoms with Crippen LogP contribution in [0.2, 0.25) is 0 Å². The normalized spacial score (nSPS) is 26.1. The number of nitrogen functional groups attached to an aromatic ring is 1. The van der Waals surface area contributed by atoms with E-state index in [0.29, 0.717) is 12.1 Å². The van der Waals surface area contributed by atoms with Crippen LogP contribution < -0.4 is 16.0 Å². The van der Waals surface area contributed by atoms with Gasteiger partial charge in [0.05, 0.1) is 4.92 Å². The second-order valence-corrected chi connectivity index (χ2v) is 5.44. The Labute approximate surface area is 117 Å². The number of rotatable bonds is 3. The second kappa shape index (κ2) is 5.24. The minimum absolute atomic E-state index is 0.00229. The van der Waals surface area contributed by atoms with E-state index in [2.05, 4.69) is 15.2 Å². The quantitative estimate of drug-likeness (QED) is 0.638. The van der Waals surface area contributed by atoms with Crippen LogP contribution in [0.3, 0.4) is 0 Å². The van der Waals surface area contributed by atoms with Gasteiger partial charge in [0, 0.05) is 24.7 Å². The molecule has 0 amide bonds. The molecule has 20 heavy (non-hydrogen) atoms. The lowest BCUT2D eigenvalue weighted by Gasteiger charge is -2.30. The molecule has 2 aliphatic heterocycles. The van der Waals surface area contributed by atoms with Gasteiger partial charge in [-0.05, 0) is 38.3 Å². The molecule has 0 aliphatic carbocycles.